The molecular weight excluding hydrogens is 302 g/mol. The van der Waals surface area contributed by atoms with E-state index in [0.29, 0.717) is 36.4 Å². The van der Waals surface area contributed by atoms with E-state index < -0.39 is 0 Å². The Morgan fingerprint density at radius 2 is 1.88 bits per heavy atom. The molecule has 24 heavy (non-hydrogen) atoms. The van der Waals surface area contributed by atoms with Crippen LogP contribution in [0.25, 0.3) is 0 Å². The first-order valence-corrected chi connectivity index (χ1v) is 8.95. The maximum atomic E-state index is 12.6. The van der Waals surface area contributed by atoms with Crippen LogP contribution < -0.4 is 10.1 Å². The van der Waals surface area contributed by atoms with E-state index in [9.17, 15) is 4.79 Å². The molecule has 1 aliphatic heterocycles. The van der Waals surface area contributed by atoms with Gasteiger partial charge in [0.15, 0.2) is 0 Å². The smallest absolute Gasteiger partial charge is 0.255 e. The number of ether oxygens (including phenoxy) is 1. The van der Waals surface area contributed by atoms with E-state index in [0.717, 1.165) is 26.2 Å². The summed E-state index contributed by atoms with van der Waals surface area (Å²) < 4.78 is 5.56. The number of nitrogens with one attached hydrogen (secondary N) is 1. The van der Waals surface area contributed by atoms with Crippen LogP contribution in [0, 0.1) is 5.92 Å². The normalized spacial score (nSPS) is 17.7. The van der Waals surface area contributed by atoms with Crippen molar-refractivity contribution in [2.45, 2.75) is 26.8 Å². The predicted molar refractivity (Wildman–Crippen MR) is 97.6 cm³/mol. The summed E-state index contributed by atoms with van der Waals surface area (Å²) in [5.41, 5.74) is 0.611. The van der Waals surface area contributed by atoms with Crippen molar-refractivity contribution in [2.75, 3.05) is 46.4 Å². The van der Waals surface area contributed by atoms with Crippen LogP contribution in [-0.2, 0) is 0 Å². The highest BCUT2D eigenvalue weighted by Crippen LogP contribution is 2.18. The molecule has 1 atom stereocenters. The number of rotatable bonds is 7. The van der Waals surface area contributed by atoms with E-state index in [1.807, 2.05) is 31.2 Å². The van der Waals surface area contributed by atoms with Crippen molar-refractivity contribution in [3.63, 3.8) is 0 Å². The lowest BCUT2D eigenvalue weighted by Crippen LogP contribution is -2.54. The molecule has 5 nitrogen and oxygen atoms in total. The molecule has 0 radical (unpaired) electrons. The molecule has 1 N–H and O–H groups in total. The van der Waals surface area contributed by atoms with Gasteiger partial charge in [-0.2, -0.15) is 0 Å². The average Bonchev–Trinajstić information content (AvgIpc) is 2.57. The quantitative estimate of drug-likeness (QED) is 0.830. The average molecular weight is 333 g/mol. The Bertz CT molecular complexity index is 525. The highest BCUT2D eigenvalue weighted by molar-refractivity contribution is 5.96. The number of carbonyl (C=O) groups is 1. The first kappa shape index (κ1) is 18.7. The van der Waals surface area contributed by atoms with E-state index in [1.54, 1.807) is 0 Å². The molecule has 1 heterocycles. The van der Waals surface area contributed by atoms with E-state index in [4.69, 9.17) is 4.74 Å². The number of amides is 1. The number of nitrogens with zero attached hydrogens (tertiary/aromatic N) is 2. The van der Waals surface area contributed by atoms with Crippen LogP contribution >= 0.6 is 0 Å². The van der Waals surface area contributed by atoms with Gasteiger partial charge in [-0.05, 0) is 32.0 Å². The van der Waals surface area contributed by atoms with Gasteiger partial charge in [0.2, 0.25) is 0 Å². The van der Waals surface area contributed by atoms with Crippen LogP contribution in [0.4, 0.5) is 0 Å². The molecular formula is C19H31N3O2. The molecule has 1 unspecified atom stereocenters. The Hall–Kier alpha value is -1.59. The van der Waals surface area contributed by atoms with Crippen LogP contribution in [0.1, 0.15) is 31.1 Å². The third-order valence-electron chi connectivity index (χ3n) is 4.68. The molecule has 1 aromatic carbocycles. The highest BCUT2D eigenvalue weighted by Gasteiger charge is 2.25. The molecule has 1 aliphatic rings. The zero-order valence-electron chi connectivity index (χ0n) is 15.4. The number of hydrogen-bond donors (Lipinski definition) is 1. The first-order chi connectivity index (χ1) is 11.5. The fourth-order valence-electron chi connectivity index (χ4n) is 3.17. The van der Waals surface area contributed by atoms with Crippen molar-refractivity contribution >= 4 is 5.91 Å². The Kier molecular flexibility index (Phi) is 7.06. The maximum absolute atomic E-state index is 12.6. The largest absolute Gasteiger partial charge is 0.493 e. The van der Waals surface area contributed by atoms with Gasteiger partial charge < -0.3 is 15.0 Å². The lowest BCUT2D eigenvalue weighted by atomic mass is 10.0. The minimum Gasteiger partial charge on any atom is -0.493 e. The van der Waals surface area contributed by atoms with Gasteiger partial charge in [-0.1, -0.05) is 26.0 Å². The summed E-state index contributed by atoms with van der Waals surface area (Å²) in [5, 5.41) is 3.11. The van der Waals surface area contributed by atoms with Crippen LogP contribution in [0.2, 0.25) is 0 Å². The van der Waals surface area contributed by atoms with Crippen LogP contribution in [-0.4, -0.2) is 68.1 Å². The van der Waals surface area contributed by atoms with Gasteiger partial charge in [-0.15, -0.1) is 0 Å². The summed E-state index contributed by atoms with van der Waals surface area (Å²) in [4.78, 5) is 17.4. The van der Waals surface area contributed by atoms with Gasteiger partial charge in [-0.3, -0.25) is 9.69 Å². The second kappa shape index (κ2) is 9.04. The number of carbonyl (C=O) groups excluding carboxylic acids is 1. The number of hydrogen-bond acceptors (Lipinski definition) is 4. The summed E-state index contributed by atoms with van der Waals surface area (Å²) in [6, 6.07) is 7.79. The molecule has 2 rings (SSSR count). The summed E-state index contributed by atoms with van der Waals surface area (Å²) in [6.07, 6.45) is 0. The Morgan fingerprint density at radius 1 is 1.21 bits per heavy atom. The lowest BCUT2D eigenvalue weighted by Gasteiger charge is -2.39. The van der Waals surface area contributed by atoms with Gasteiger partial charge in [0.25, 0.3) is 5.91 Å². The monoisotopic (exact) mass is 333 g/mol. The van der Waals surface area contributed by atoms with Crippen molar-refractivity contribution < 1.29 is 9.53 Å². The third-order valence-corrected chi connectivity index (χ3v) is 4.68. The third kappa shape index (κ3) is 4.95. The summed E-state index contributed by atoms with van der Waals surface area (Å²) in [6.45, 7) is 11.9. The predicted octanol–water partition coefficient (Wildman–Crippen LogP) is 2.09. The minimum absolute atomic E-state index is 0.0566. The lowest BCUT2D eigenvalue weighted by molar-refractivity contribution is 0.0789. The van der Waals surface area contributed by atoms with Gasteiger partial charge in [0.1, 0.15) is 5.75 Å². The molecule has 0 spiro atoms. The Balaban J connectivity index is 1.98. The molecule has 0 aliphatic carbocycles. The molecule has 1 amide bonds. The van der Waals surface area contributed by atoms with Crippen molar-refractivity contribution in [3.05, 3.63) is 29.8 Å². The second-order valence-corrected chi connectivity index (χ2v) is 6.79. The Morgan fingerprint density at radius 3 is 2.50 bits per heavy atom. The molecule has 0 aromatic heterocycles. The maximum Gasteiger partial charge on any atom is 0.255 e. The fraction of sp³-hybridized carbons (Fsp3) is 0.632. The van der Waals surface area contributed by atoms with Gasteiger partial charge in [0, 0.05) is 38.8 Å². The first-order valence-electron chi connectivity index (χ1n) is 8.95. The molecule has 0 bridgehead atoms. The number of para-hydroxylation sites is 1. The molecule has 5 heteroatoms. The van der Waals surface area contributed by atoms with E-state index in [1.165, 1.54) is 0 Å². The van der Waals surface area contributed by atoms with Crippen molar-refractivity contribution in [3.8, 4) is 5.75 Å². The number of benzene rings is 1. The zero-order valence-corrected chi connectivity index (χ0v) is 15.4. The van der Waals surface area contributed by atoms with Gasteiger partial charge in [0.05, 0.1) is 12.2 Å². The summed E-state index contributed by atoms with van der Waals surface area (Å²) >= 11 is 0. The van der Waals surface area contributed by atoms with E-state index >= 15 is 0 Å². The minimum atomic E-state index is -0.0566. The summed E-state index contributed by atoms with van der Waals surface area (Å²) in [5.74, 6) is 1.09. The fourth-order valence-corrected chi connectivity index (χ4v) is 3.17. The SMILES string of the molecule is CCOc1ccccc1C(=O)NCC(C(C)C)N1CCN(C)CC1. The topological polar surface area (TPSA) is 44.8 Å². The molecule has 1 saturated heterocycles. The van der Waals surface area contributed by atoms with Crippen LogP contribution in [0.5, 0.6) is 5.75 Å². The second-order valence-electron chi connectivity index (χ2n) is 6.79. The Labute approximate surface area is 146 Å². The highest BCUT2D eigenvalue weighted by atomic mass is 16.5. The van der Waals surface area contributed by atoms with Crippen molar-refractivity contribution in [1.29, 1.82) is 0 Å². The number of likely N-dealkylation sites (N-methyl/N-ethyl adjacent to an activating group) is 1. The summed E-state index contributed by atoms with van der Waals surface area (Å²) in [7, 11) is 2.16. The van der Waals surface area contributed by atoms with E-state index in [2.05, 4.69) is 36.0 Å². The number of piperazine rings is 1. The standard InChI is InChI=1S/C19H31N3O2/c1-5-24-18-9-7-6-8-16(18)19(23)20-14-17(15(2)3)22-12-10-21(4)11-13-22/h6-9,15,17H,5,10-14H2,1-4H3,(H,20,23). The van der Waals surface area contributed by atoms with Crippen LogP contribution in [0.3, 0.4) is 0 Å². The van der Waals surface area contributed by atoms with Gasteiger partial charge >= 0.3 is 0 Å². The molecule has 1 aromatic rings. The van der Waals surface area contributed by atoms with Crippen molar-refractivity contribution in [1.82, 2.24) is 15.1 Å². The van der Waals surface area contributed by atoms with Gasteiger partial charge in [-0.25, -0.2) is 0 Å². The zero-order chi connectivity index (χ0) is 17.5. The molecule has 134 valence electrons. The van der Waals surface area contributed by atoms with E-state index in [-0.39, 0.29) is 5.91 Å². The molecule has 0 saturated carbocycles. The van der Waals surface area contributed by atoms with Crippen LogP contribution in [0.15, 0.2) is 24.3 Å². The van der Waals surface area contributed by atoms with Crippen molar-refractivity contribution in [2.24, 2.45) is 5.92 Å². The molecule has 1 fully saturated rings.